The van der Waals surface area contributed by atoms with Crippen LogP contribution in [0, 0.1) is 0 Å². The second kappa shape index (κ2) is 6.60. The molecule has 22 heavy (non-hydrogen) atoms. The van der Waals surface area contributed by atoms with Crippen LogP contribution >= 0.6 is 0 Å². The average molecular weight is 298 g/mol. The Hall–Kier alpha value is -2.36. The normalized spacial score (nSPS) is 11.1. The number of rotatable bonds is 4. The summed E-state index contributed by atoms with van der Waals surface area (Å²) >= 11 is 0. The molecule has 0 fully saturated rings. The zero-order chi connectivity index (χ0) is 16.2. The van der Waals surface area contributed by atoms with Crippen molar-refractivity contribution in [2.75, 3.05) is 7.11 Å². The van der Waals surface area contributed by atoms with Crippen LogP contribution in [0.2, 0.25) is 0 Å². The first kappa shape index (κ1) is 16.0. The maximum absolute atomic E-state index is 12.3. The molecule has 1 N–H and O–H groups in total. The Morgan fingerprint density at radius 1 is 1.18 bits per heavy atom. The number of aromatic nitrogens is 1. The third-order valence-corrected chi connectivity index (χ3v) is 3.47. The first-order valence-electron chi connectivity index (χ1n) is 7.27. The number of hydrogen-bond donors (Lipinski definition) is 1. The monoisotopic (exact) mass is 298 g/mol. The maximum atomic E-state index is 12.3. The lowest BCUT2D eigenvalue weighted by Gasteiger charge is -2.22. The van der Waals surface area contributed by atoms with Crippen LogP contribution < -0.4 is 10.1 Å². The molecule has 0 aliphatic heterocycles. The van der Waals surface area contributed by atoms with Gasteiger partial charge in [0.25, 0.3) is 5.91 Å². The fraction of sp³-hybridized carbons (Fsp3) is 0.333. The van der Waals surface area contributed by atoms with Crippen molar-refractivity contribution >= 4 is 5.91 Å². The number of hydrogen-bond acceptors (Lipinski definition) is 3. The van der Waals surface area contributed by atoms with Crippen molar-refractivity contribution in [3.63, 3.8) is 0 Å². The number of ether oxygens (including phenoxy) is 1. The second-order valence-corrected chi connectivity index (χ2v) is 6.20. The van der Waals surface area contributed by atoms with Gasteiger partial charge in [-0.3, -0.25) is 9.78 Å². The molecule has 0 saturated carbocycles. The number of benzene rings is 1. The topological polar surface area (TPSA) is 51.2 Å². The van der Waals surface area contributed by atoms with E-state index in [1.807, 2.05) is 24.3 Å². The molecule has 0 unspecified atom stereocenters. The maximum Gasteiger partial charge on any atom is 0.251 e. The first-order chi connectivity index (χ1) is 10.4. The van der Waals surface area contributed by atoms with Gasteiger partial charge < -0.3 is 10.1 Å². The standard InChI is InChI=1S/C18H22N2O2/c1-18(2,3)15-11-14(5-6-16(15)22-4)17(21)20-12-13-7-9-19-10-8-13/h5-11H,12H2,1-4H3,(H,20,21). The summed E-state index contributed by atoms with van der Waals surface area (Å²) in [5, 5.41) is 2.92. The Morgan fingerprint density at radius 2 is 1.86 bits per heavy atom. The van der Waals surface area contributed by atoms with E-state index in [9.17, 15) is 4.79 Å². The van der Waals surface area contributed by atoms with Crippen LogP contribution in [0.15, 0.2) is 42.7 Å². The molecule has 4 nitrogen and oxygen atoms in total. The van der Waals surface area contributed by atoms with Gasteiger partial charge in [-0.2, -0.15) is 0 Å². The molecule has 0 radical (unpaired) electrons. The molecule has 1 heterocycles. The number of amides is 1. The molecule has 0 spiro atoms. The Balaban J connectivity index is 2.16. The van der Waals surface area contributed by atoms with Gasteiger partial charge >= 0.3 is 0 Å². The van der Waals surface area contributed by atoms with Crippen molar-refractivity contribution in [3.05, 3.63) is 59.4 Å². The summed E-state index contributed by atoms with van der Waals surface area (Å²) in [4.78, 5) is 16.3. The van der Waals surface area contributed by atoms with Crippen molar-refractivity contribution in [1.82, 2.24) is 10.3 Å². The third-order valence-electron chi connectivity index (χ3n) is 3.47. The summed E-state index contributed by atoms with van der Waals surface area (Å²) in [7, 11) is 1.65. The predicted octanol–water partition coefficient (Wildman–Crippen LogP) is 3.32. The lowest BCUT2D eigenvalue weighted by Crippen LogP contribution is -2.23. The molecule has 1 aromatic heterocycles. The molecule has 4 heteroatoms. The van der Waals surface area contributed by atoms with Crippen molar-refractivity contribution < 1.29 is 9.53 Å². The molecule has 0 aliphatic carbocycles. The molecule has 2 rings (SSSR count). The molecular weight excluding hydrogens is 276 g/mol. The molecule has 1 amide bonds. The molecule has 1 aromatic carbocycles. The van der Waals surface area contributed by atoms with Gasteiger partial charge in [0.1, 0.15) is 5.75 Å². The number of pyridine rings is 1. The van der Waals surface area contributed by atoms with Gasteiger partial charge in [0.15, 0.2) is 0 Å². The smallest absolute Gasteiger partial charge is 0.251 e. The van der Waals surface area contributed by atoms with Crippen LogP contribution in [0.4, 0.5) is 0 Å². The molecule has 0 atom stereocenters. The van der Waals surface area contributed by atoms with Crippen LogP contribution in [0.3, 0.4) is 0 Å². The van der Waals surface area contributed by atoms with E-state index < -0.39 is 0 Å². The Bertz CT molecular complexity index is 646. The quantitative estimate of drug-likeness (QED) is 0.942. The summed E-state index contributed by atoms with van der Waals surface area (Å²) in [5.74, 6) is 0.711. The molecule has 2 aromatic rings. The highest BCUT2D eigenvalue weighted by Gasteiger charge is 2.20. The summed E-state index contributed by atoms with van der Waals surface area (Å²) in [5.41, 5.74) is 2.59. The van der Waals surface area contributed by atoms with Gasteiger partial charge in [-0.15, -0.1) is 0 Å². The molecule has 116 valence electrons. The van der Waals surface area contributed by atoms with E-state index in [1.165, 1.54) is 0 Å². The fourth-order valence-electron chi connectivity index (χ4n) is 2.22. The van der Waals surface area contributed by atoms with Crippen LogP contribution in [-0.4, -0.2) is 18.0 Å². The van der Waals surface area contributed by atoms with Gasteiger partial charge in [-0.1, -0.05) is 20.8 Å². The Morgan fingerprint density at radius 3 is 2.45 bits per heavy atom. The Labute approximate surface area is 131 Å². The highest BCUT2D eigenvalue weighted by molar-refractivity contribution is 5.94. The van der Waals surface area contributed by atoms with E-state index >= 15 is 0 Å². The van der Waals surface area contributed by atoms with Gasteiger partial charge in [0.05, 0.1) is 7.11 Å². The highest BCUT2D eigenvalue weighted by atomic mass is 16.5. The number of nitrogens with zero attached hydrogens (tertiary/aromatic N) is 1. The van der Waals surface area contributed by atoms with Crippen LogP contribution in [0.25, 0.3) is 0 Å². The lowest BCUT2D eigenvalue weighted by atomic mass is 9.85. The molecule has 0 bridgehead atoms. The van der Waals surface area contributed by atoms with Crippen LogP contribution in [-0.2, 0) is 12.0 Å². The van der Waals surface area contributed by atoms with Gasteiger partial charge in [0.2, 0.25) is 0 Å². The number of carbonyl (C=O) groups excluding carboxylic acids is 1. The van der Waals surface area contributed by atoms with Crippen molar-refractivity contribution in [2.45, 2.75) is 32.7 Å². The van der Waals surface area contributed by atoms with E-state index in [4.69, 9.17) is 4.74 Å². The highest BCUT2D eigenvalue weighted by Crippen LogP contribution is 2.31. The van der Waals surface area contributed by atoms with Crippen LogP contribution in [0.5, 0.6) is 5.75 Å². The Kier molecular flexibility index (Phi) is 4.81. The van der Waals surface area contributed by atoms with Gasteiger partial charge in [0, 0.05) is 30.1 Å². The first-order valence-corrected chi connectivity index (χ1v) is 7.27. The SMILES string of the molecule is COc1ccc(C(=O)NCc2ccncc2)cc1C(C)(C)C. The molecule has 0 aliphatic rings. The van der Waals surface area contributed by atoms with E-state index in [0.29, 0.717) is 12.1 Å². The summed E-state index contributed by atoms with van der Waals surface area (Å²) < 4.78 is 5.40. The minimum atomic E-state index is -0.0926. The largest absolute Gasteiger partial charge is 0.496 e. The van der Waals surface area contributed by atoms with E-state index in [0.717, 1.165) is 16.9 Å². The van der Waals surface area contributed by atoms with Gasteiger partial charge in [-0.25, -0.2) is 0 Å². The number of nitrogens with one attached hydrogen (secondary N) is 1. The second-order valence-electron chi connectivity index (χ2n) is 6.20. The zero-order valence-electron chi connectivity index (χ0n) is 13.5. The molecular formula is C18H22N2O2. The summed E-state index contributed by atoms with van der Waals surface area (Å²) in [6.07, 6.45) is 3.43. The summed E-state index contributed by atoms with van der Waals surface area (Å²) in [6, 6.07) is 9.31. The van der Waals surface area contributed by atoms with Crippen molar-refractivity contribution in [1.29, 1.82) is 0 Å². The van der Waals surface area contributed by atoms with Crippen LogP contribution in [0.1, 0.15) is 42.3 Å². The minimum absolute atomic E-state index is 0.0905. The minimum Gasteiger partial charge on any atom is -0.496 e. The average Bonchev–Trinajstić information content (AvgIpc) is 2.52. The number of carbonyl (C=O) groups is 1. The van der Waals surface area contributed by atoms with E-state index in [1.54, 1.807) is 25.6 Å². The lowest BCUT2D eigenvalue weighted by molar-refractivity contribution is 0.0950. The summed E-state index contributed by atoms with van der Waals surface area (Å²) in [6.45, 7) is 6.79. The zero-order valence-corrected chi connectivity index (χ0v) is 13.5. The van der Waals surface area contributed by atoms with E-state index in [-0.39, 0.29) is 11.3 Å². The molecule has 0 saturated heterocycles. The van der Waals surface area contributed by atoms with Crippen molar-refractivity contribution in [3.8, 4) is 5.75 Å². The van der Waals surface area contributed by atoms with E-state index in [2.05, 4.69) is 31.1 Å². The van der Waals surface area contributed by atoms with Gasteiger partial charge in [-0.05, 0) is 41.3 Å². The third kappa shape index (κ3) is 3.85. The predicted molar refractivity (Wildman–Crippen MR) is 87.1 cm³/mol. The van der Waals surface area contributed by atoms with Crippen molar-refractivity contribution in [2.24, 2.45) is 0 Å². The number of methoxy groups -OCH3 is 1. The fourth-order valence-corrected chi connectivity index (χ4v) is 2.22.